The topological polar surface area (TPSA) is 211 Å². The molecule has 18 heteroatoms. The number of hydrogen-bond acceptors (Lipinski definition) is 13. The monoisotopic (exact) mass is 796 g/mol. The van der Waals surface area contributed by atoms with E-state index in [4.69, 9.17) is 52.6 Å². The van der Waals surface area contributed by atoms with E-state index in [9.17, 15) is 14.4 Å². The molecule has 4 N–H and O–H groups in total. The van der Waals surface area contributed by atoms with Crippen molar-refractivity contribution in [2.45, 2.75) is 13.3 Å². The summed E-state index contributed by atoms with van der Waals surface area (Å²) >= 11 is 11.6. The van der Waals surface area contributed by atoms with Crippen molar-refractivity contribution in [3.63, 3.8) is 0 Å². The highest BCUT2D eigenvalue weighted by atomic mass is 35.5. The van der Waals surface area contributed by atoms with Gasteiger partial charge in [-0.15, -0.1) is 5.10 Å². The van der Waals surface area contributed by atoms with Gasteiger partial charge in [0.25, 0.3) is 11.3 Å². The minimum absolute atomic E-state index is 0.158. The van der Waals surface area contributed by atoms with Crippen LogP contribution in [0.4, 0.5) is 5.95 Å². The molecule has 0 aliphatic carbocycles. The van der Waals surface area contributed by atoms with Crippen molar-refractivity contribution in [2.75, 3.05) is 25.9 Å². The molecule has 0 unspecified atom stereocenters. The molecule has 4 aromatic carbocycles. The maximum atomic E-state index is 12.5. The number of nitrogens with two attached hydrogens (primary N) is 1. The third kappa shape index (κ3) is 8.72. The number of nitrogens with zero attached hydrogens (tertiary/aromatic N) is 5. The number of aromatic amines is 2. The van der Waals surface area contributed by atoms with Crippen LogP contribution in [0.15, 0.2) is 95.8 Å². The Labute approximate surface area is 327 Å². The lowest BCUT2D eigenvalue weighted by Gasteiger charge is -2.02. The first-order valence-electron chi connectivity index (χ1n) is 16.8. The molecule has 56 heavy (non-hydrogen) atoms. The highest BCUT2D eigenvalue weighted by molar-refractivity contribution is 6.30. The van der Waals surface area contributed by atoms with Crippen LogP contribution in [0.2, 0.25) is 10.0 Å². The number of halogens is 2. The highest BCUT2D eigenvalue weighted by Crippen LogP contribution is 2.35. The fourth-order valence-electron chi connectivity index (χ4n) is 5.35. The molecule has 3 aromatic heterocycles. The predicted molar refractivity (Wildman–Crippen MR) is 205 cm³/mol. The van der Waals surface area contributed by atoms with Crippen LogP contribution in [0, 0.1) is 0 Å². The molecule has 7 aromatic rings. The van der Waals surface area contributed by atoms with Crippen LogP contribution in [-0.2, 0) is 9.53 Å². The molecule has 16 nitrogen and oxygen atoms in total. The standard InChI is InChI=1S/C18H11ClN4O3.C12H12O5.C8H7ClN4/c19-12-4-1-10(2-5-12)17-21-18-20-13(8-16(24)23(18)22-17)11-3-6-14-15(7-11)26-9-25-14;1-2-15-12(14)6-9(13)8-3-4-10-11(5-8)17-7-16-10;9-6-3-1-5(2-4-6)7-11-8(10)13-12-7/h1-8H,9H2,(H,20,21,22);3-5H,2,6-7H2,1H3;1-4H,(H3,10,11,12,13). The Balaban J connectivity index is 0.000000139. The van der Waals surface area contributed by atoms with Crippen LogP contribution in [0.3, 0.4) is 0 Å². The number of Topliss-reactive ketones (excluding diaryl/α,β-unsaturated/α-hetero) is 1. The zero-order valence-electron chi connectivity index (χ0n) is 29.3. The number of rotatable bonds is 7. The van der Waals surface area contributed by atoms with E-state index in [1.54, 1.807) is 61.5 Å². The van der Waals surface area contributed by atoms with E-state index in [1.165, 1.54) is 10.6 Å². The molecule has 2 aliphatic rings. The molecule has 0 fully saturated rings. The quantitative estimate of drug-likeness (QED) is 0.0908. The Bertz CT molecular complexity index is 2590. The first kappa shape index (κ1) is 37.4. The first-order chi connectivity index (χ1) is 27.1. The third-order valence-electron chi connectivity index (χ3n) is 8.04. The molecule has 2 aliphatic heterocycles. The summed E-state index contributed by atoms with van der Waals surface area (Å²) in [5.74, 6) is 3.35. The fraction of sp³-hybridized carbons (Fsp3) is 0.132. The van der Waals surface area contributed by atoms with Crippen LogP contribution in [0.25, 0.3) is 39.8 Å². The Kier molecular flexibility index (Phi) is 11.1. The minimum atomic E-state index is -0.518. The second kappa shape index (κ2) is 16.6. The molecule has 0 spiro atoms. The van der Waals surface area contributed by atoms with Crippen molar-refractivity contribution >= 4 is 46.7 Å². The smallest absolute Gasteiger partial charge is 0.313 e. The molecule has 0 saturated heterocycles. The van der Waals surface area contributed by atoms with Gasteiger partial charge in [0.15, 0.2) is 40.4 Å². The summed E-state index contributed by atoms with van der Waals surface area (Å²) in [6.45, 7) is 2.32. The van der Waals surface area contributed by atoms with Crippen molar-refractivity contribution in [1.29, 1.82) is 0 Å². The van der Waals surface area contributed by atoms with E-state index >= 15 is 0 Å². The van der Waals surface area contributed by atoms with Crippen LogP contribution in [-0.4, -0.2) is 66.7 Å². The number of fused-ring (bicyclic) bond motifs is 3. The Hall–Kier alpha value is -6.91. The summed E-state index contributed by atoms with van der Waals surface area (Å²) in [6, 6.07) is 26.2. The molecular weight excluding hydrogens is 767 g/mol. The molecule has 0 bridgehead atoms. The van der Waals surface area contributed by atoms with Gasteiger partial charge in [0.1, 0.15) is 6.42 Å². The van der Waals surface area contributed by atoms with E-state index in [-0.39, 0.29) is 49.7 Å². The maximum absolute atomic E-state index is 12.5. The Morgan fingerprint density at radius 3 is 1.96 bits per heavy atom. The van der Waals surface area contributed by atoms with Crippen molar-refractivity contribution in [2.24, 2.45) is 0 Å². The zero-order chi connectivity index (χ0) is 39.2. The summed E-state index contributed by atoms with van der Waals surface area (Å²) < 4.78 is 27.0. The molecule has 284 valence electrons. The molecule has 5 heterocycles. The number of nitrogens with one attached hydrogen (secondary N) is 2. The van der Waals surface area contributed by atoms with E-state index < -0.39 is 5.97 Å². The number of hydrogen-bond donors (Lipinski definition) is 3. The van der Waals surface area contributed by atoms with Gasteiger partial charge in [-0.25, -0.2) is 4.98 Å². The minimum Gasteiger partial charge on any atom is -0.466 e. The highest BCUT2D eigenvalue weighted by Gasteiger charge is 2.19. The largest absolute Gasteiger partial charge is 0.466 e. The lowest BCUT2D eigenvalue weighted by Crippen LogP contribution is -2.14. The SMILES string of the molecule is CCOC(=O)CC(=O)c1ccc2c(c1)OCO2.Nc1n[nH]c(-c2ccc(Cl)cc2)n1.O=c1cc(-c2ccc3c(c2)OCO3)nc2nc(-c3ccc(Cl)cc3)[nH]n12. The van der Waals surface area contributed by atoms with E-state index in [2.05, 4.69) is 30.2 Å². The molecule has 0 atom stereocenters. The number of aromatic nitrogens is 7. The van der Waals surface area contributed by atoms with Crippen molar-refractivity contribution < 1.29 is 33.3 Å². The Morgan fingerprint density at radius 2 is 1.34 bits per heavy atom. The lowest BCUT2D eigenvalue weighted by molar-refractivity contribution is -0.141. The molecular formula is C38H30Cl2N8O8. The van der Waals surface area contributed by atoms with Crippen molar-refractivity contribution in [3.8, 4) is 57.0 Å². The van der Waals surface area contributed by atoms with E-state index in [0.717, 1.165) is 16.7 Å². The number of ketones is 1. The van der Waals surface area contributed by atoms with Gasteiger partial charge in [-0.2, -0.15) is 14.5 Å². The molecule has 0 saturated carbocycles. The van der Waals surface area contributed by atoms with Gasteiger partial charge in [-0.05, 0) is 91.9 Å². The van der Waals surface area contributed by atoms with Crippen LogP contribution in [0.1, 0.15) is 23.7 Å². The lowest BCUT2D eigenvalue weighted by atomic mass is 10.1. The van der Waals surface area contributed by atoms with Gasteiger partial charge < -0.3 is 29.4 Å². The van der Waals surface area contributed by atoms with E-state index in [1.807, 2.05) is 30.3 Å². The van der Waals surface area contributed by atoms with Crippen LogP contribution < -0.4 is 30.2 Å². The predicted octanol–water partition coefficient (Wildman–Crippen LogP) is 6.39. The second-order valence-corrected chi connectivity index (χ2v) is 12.7. The van der Waals surface area contributed by atoms with Gasteiger partial charge in [0.2, 0.25) is 19.5 Å². The van der Waals surface area contributed by atoms with Crippen LogP contribution >= 0.6 is 23.2 Å². The first-order valence-corrected chi connectivity index (χ1v) is 17.6. The number of benzene rings is 4. The molecule has 0 amide bonds. The summed E-state index contributed by atoms with van der Waals surface area (Å²) in [7, 11) is 0. The van der Waals surface area contributed by atoms with E-state index in [0.29, 0.717) is 55.9 Å². The number of carbonyl (C=O) groups is 2. The number of carbonyl (C=O) groups excluding carboxylic acids is 2. The van der Waals surface area contributed by atoms with Crippen molar-refractivity contribution in [3.05, 3.63) is 117 Å². The average molecular weight is 798 g/mol. The second-order valence-electron chi connectivity index (χ2n) is 11.8. The fourth-order valence-corrected chi connectivity index (χ4v) is 5.60. The zero-order valence-corrected chi connectivity index (χ0v) is 30.8. The number of esters is 1. The summed E-state index contributed by atoms with van der Waals surface area (Å²) in [5.41, 5.74) is 8.52. The average Bonchev–Trinajstić information content (AvgIpc) is 4.03. The Morgan fingerprint density at radius 1 is 0.750 bits per heavy atom. The van der Waals surface area contributed by atoms with Gasteiger partial charge in [0, 0.05) is 38.4 Å². The number of ether oxygens (including phenoxy) is 5. The van der Waals surface area contributed by atoms with Gasteiger partial charge in [-0.1, -0.05) is 23.2 Å². The maximum Gasteiger partial charge on any atom is 0.313 e. The molecule has 9 rings (SSSR count). The van der Waals surface area contributed by atoms with Crippen LogP contribution in [0.5, 0.6) is 23.0 Å². The van der Waals surface area contributed by atoms with Gasteiger partial charge >= 0.3 is 5.97 Å². The number of anilines is 1. The number of H-pyrrole nitrogens is 2. The van der Waals surface area contributed by atoms with Gasteiger partial charge in [-0.3, -0.25) is 24.6 Å². The summed E-state index contributed by atoms with van der Waals surface area (Å²) in [5, 5.41) is 10.7. The summed E-state index contributed by atoms with van der Waals surface area (Å²) in [4.78, 5) is 48.3. The summed E-state index contributed by atoms with van der Waals surface area (Å²) in [6.07, 6.45) is -0.256. The molecule has 0 radical (unpaired) electrons. The third-order valence-corrected chi connectivity index (χ3v) is 8.55. The normalized spacial score (nSPS) is 12.0. The van der Waals surface area contributed by atoms with Gasteiger partial charge in [0.05, 0.1) is 12.3 Å². The number of nitrogen functional groups attached to an aromatic ring is 1. The van der Waals surface area contributed by atoms with Crippen molar-refractivity contribution in [1.82, 2.24) is 34.8 Å².